The normalized spacial score (nSPS) is 16.1. The Labute approximate surface area is 119 Å². The quantitative estimate of drug-likeness (QED) is 0.778. The summed E-state index contributed by atoms with van der Waals surface area (Å²) in [5.41, 5.74) is 2.85. The minimum absolute atomic E-state index is 0.0644. The van der Waals surface area contributed by atoms with Gasteiger partial charge in [-0.05, 0) is 38.3 Å². The van der Waals surface area contributed by atoms with Gasteiger partial charge < -0.3 is 9.64 Å². The van der Waals surface area contributed by atoms with Crippen LogP contribution < -0.4 is 0 Å². The second kappa shape index (κ2) is 6.07. The van der Waals surface area contributed by atoms with Crippen LogP contribution in [0.1, 0.15) is 34.3 Å². The molecule has 0 saturated carbocycles. The topological polar surface area (TPSA) is 46.6 Å². The smallest absolute Gasteiger partial charge is 0.308 e. The van der Waals surface area contributed by atoms with Crippen LogP contribution in [0.15, 0.2) is 18.2 Å². The first-order chi connectivity index (χ1) is 9.52. The predicted octanol–water partition coefficient (Wildman–Crippen LogP) is 2.33. The van der Waals surface area contributed by atoms with Gasteiger partial charge in [-0.1, -0.05) is 17.7 Å². The Kier molecular flexibility index (Phi) is 4.42. The van der Waals surface area contributed by atoms with Gasteiger partial charge in [0.2, 0.25) is 0 Å². The van der Waals surface area contributed by atoms with Crippen molar-refractivity contribution in [1.29, 1.82) is 0 Å². The summed E-state index contributed by atoms with van der Waals surface area (Å²) in [5.74, 6) is -0.166. The maximum absolute atomic E-state index is 12.5. The number of aryl methyl sites for hydroxylation is 2. The third-order valence-corrected chi connectivity index (χ3v) is 3.94. The van der Waals surface area contributed by atoms with Gasteiger partial charge in [0.1, 0.15) is 0 Å². The number of rotatable bonds is 2. The third-order valence-electron chi connectivity index (χ3n) is 3.94. The summed E-state index contributed by atoms with van der Waals surface area (Å²) in [4.78, 5) is 25.8. The number of benzene rings is 1. The van der Waals surface area contributed by atoms with Crippen molar-refractivity contribution in [2.45, 2.75) is 26.7 Å². The molecular formula is C16H21NO3. The molecule has 1 heterocycles. The number of piperidine rings is 1. The fourth-order valence-electron chi connectivity index (χ4n) is 2.62. The zero-order valence-corrected chi connectivity index (χ0v) is 12.3. The number of hydrogen-bond donors (Lipinski definition) is 0. The number of esters is 1. The van der Waals surface area contributed by atoms with Crippen LogP contribution >= 0.6 is 0 Å². The van der Waals surface area contributed by atoms with Crippen LogP contribution in [0.2, 0.25) is 0 Å². The van der Waals surface area contributed by atoms with E-state index in [0.717, 1.165) is 16.7 Å². The summed E-state index contributed by atoms with van der Waals surface area (Å²) in [6, 6.07) is 5.92. The first kappa shape index (κ1) is 14.6. The molecule has 0 aromatic heterocycles. The van der Waals surface area contributed by atoms with E-state index in [2.05, 4.69) is 0 Å². The first-order valence-electron chi connectivity index (χ1n) is 6.97. The average Bonchev–Trinajstić information content (AvgIpc) is 2.48. The van der Waals surface area contributed by atoms with E-state index in [0.29, 0.717) is 25.9 Å². The third kappa shape index (κ3) is 3.00. The molecule has 1 saturated heterocycles. The standard InChI is InChI=1S/C16H21NO3/c1-11-4-5-12(2)14(10-11)15(18)17-8-6-13(7-9-17)16(19)20-3/h4-5,10,13H,6-9H2,1-3H3. The predicted molar refractivity (Wildman–Crippen MR) is 76.6 cm³/mol. The molecule has 0 atom stereocenters. The minimum atomic E-state index is -0.163. The molecule has 2 rings (SSSR count). The fraction of sp³-hybridized carbons (Fsp3) is 0.500. The molecule has 0 aliphatic carbocycles. The van der Waals surface area contributed by atoms with Crippen LogP contribution in [-0.4, -0.2) is 37.0 Å². The largest absolute Gasteiger partial charge is 0.469 e. The number of likely N-dealkylation sites (tertiary alicyclic amines) is 1. The van der Waals surface area contributed by atoms with E-state index < -0.39 is 0 Å². The van der Waals surface area contributed by atoms with E-state index in [1.54, 1.807) is 0 Å². The van der Waals surface area contributed by atoms with Crippen molar-refractivity contribution in [3.05, 3.63) is 34.9 Å². The highest BCUT2D eigenvalue weighted by Gasteiger charge is 2.28. The van der Waals surface area contributed by atoms with Gasteiger partial charge >= 0.3 is 5.97 Å². The zero-order valence-electron chi connectivity index (χ0n) is 12.3. The Balaban J connectivity index is 2.05. The average molecular weight is 275 g/mol. The van der Waals surface area contributed by atoms with E-state index in [4.69, 9.17) is 4.74 Å². The van der Waals surface area contributed by atoms with E-state index in [-0.39, 0.29) is 17.8 Å². The number of nitrogens with zero attached hydrogens (tertiary/aromatic N) is 1. The highest BCUT2D eigenvalue weighted by molar-refractivity contribution is 5.96. The molecule has 1 amide bonds. The Morgan fingerprint density at radius 1 is 1.20 bits per heavy atom. The first-order valence-corrected chi connectivity index (χ1v) is 6.97. The molecule has 0 bridgehead atoms. The Hall–Kier alpha value is -1.84. The summed E-state index contributed by atoms with van der Waals surface area (Å²) in [5, 5.41) is 0. The van der Waals surface area contributed by atoms with Crippen LogP contribution in [0.25, 0.3) is 0 Å². The van der Waals surface area contributed by atoms with Gasteiger partial charge in [-0.15, -0.1) is 0 Å². The lowest BCUT2D eigenvalue weighted by molar-refractivity contribution is -0.146. The highest BCUT2D eigenvalue weighted by atomic mass is 16.5. The van der Waals surface area contributed by atoms with Crippen LogP contribution in [-0.2, 0) is 9.53 Å². The molecule has 1 aromatic carbocycles. The number of ether oxygens (including phenoxy) is 1. The second-order valence-corrected chi connectivity index (χ2v) is 5.41. The molecule has 0 radical (unpaired) electrons. The van der Waals surface area contributed by atoms with E-state index in [9.17, 15) is 9.59 Å². The van der Waals surface area contributed by atoms with Gasteiger partial charge in [0, 0.05) is 18.7 Å². The number of hydrogen-bond acceptors (Lipinski definition) is 3. The van der Waals surface area contributed by atoms with Crippen LogP contribution in [0.4, 0.5) is 0 Å². The van der Waals surface area contributed by atoms with Gasteiger partial charge in [-0.3, -0.25) is 9.59 Å². The van der Waals surface area contributed by atoms with Crippen LogP contribution in [0.5, 0.6) is 0 Å². The van der Waals surface area contributed by atoms with Gasteiger partial charge in [-0.2, -0.15) is 0 Å². The molecule has 4 nitrogen and oxygen atoms in total. The van der Waals surface area contributed by atoms with Crippen molar-refractivity contribution in [1.82, 2.24) is 4.90 Å². The molecule has 1 fully saturated rings. The van der Waals surface area contributed by atoms with Crippen molar-refractivity contribution in [3.63, 3.8) is 0 Å². The van der Waals surface area contributed by atoms with Crippen molar-refractivity contribution in [2.75, 3.05) is 20.2 Å². The summed E-state index contributed by atoms with van der Waals surface area (Å²) in [6.45, 7) is 5.17. The number of methoxy groups -OCH3 is 1. The lowest BCUT2D eigenvalue weighted by Crippen LogP contribution is -2.40. The summed E-state index contributed by atoms with van der Waals surface area (Å²) in [6.07, 6.45) is 1.37. The minimum Gasteiger partial charge on any atom is -0.469 e. The molecule has 1 aliphatic rings. The zero-order chi connectivity index (χ0) is 14.7. The molecule has 108 valence electrons. The maximum Gasteiger partial charge on any atom is 0.308 e. The summed E-state index contributed by atoms with van der Waals surface area (Å²) in [7, 11) is 1.41. The fourth-order valence-corrected chi connectivity index (χ4v) is 2.62. The Bertz CT molecular complexity index is 516. The number of carbonyl (C=O) groups excluding carboxylic acids is 2. The molecule has 0 N–H and O–H groups in total. The molecule has 1 aromatic rings. The van der Waals surface area contributed by atoms with Crippen molar-refractivity contribution in [2.24, 2.45) is 5.92 Å². The lowest BCUT2D eigenvalue weighted by atomic mass is 9.96. The van der Waals surface area contributed by atoms with Gasteiger partial charge in [0.05, 0.1) is 13.0 Å². The molecule has 0 spiro atoms. The van der Waals surface area contributed by atoms with E-state index in [1.165, 1.54) is 7.11 Å². The van der Waals surface area contributed by atoms with Gasteiger partial charge in [-0.25, -0.2) is 0 Å². The van der Waals surface area contributed by atoms with Gasteiger partial charge in [0.15, 0.2) is 0 Å². The van der Waals surface area contributed by atoms with Crippen molar-refractivity contribution >= 4 is 11.9 Å². The van der Waals surface area contributed by atoms with Gasteiger partial charge in [0.25, 0.3) is 5.91 Å². The van der Waals surface area contributed by atoms with Crippen LogP contribution in [0, 0.1) is 19.8 Å². The monoisotopic (exact) mass is 275 g/mol. The number of amides is 1. The summed E-state index contributed by atoms with van der Waals surface area (Å²) >= 11 is 0. The van der Waals surface area contributed by atoms with E-state index >= 15 is 0 Å². The summed E-state index contributed by atoms with van der Waals surface area (Å²) < 4.78 is 4.76. The van der Waals surface area contributed by atoms with Crippen molar-refractivity contribution in [3.8, 4) is 0 Å². The SMILES string of the molecule is COC(=O)C1CCN(C(=O)c2cc(C)ccc2C)CC1. The van der Waals surface area contributed by atoms with Crippen molar-refractivity contribution < 1.29 is 14.3 Å². The molecule has 20 heavy (non-hydrogen) atoms. The molecular weight excluding hydrogens is 254 g/mol. The van der Waals surface area contributed by atoms with E-state index in [1.807, 2.05) is 36.9 Å². The molecule has 4 heteroatoms. The Morgan fingerprint density at radius 3 is 2.45 bits per heavy atom. The second-order valence-electron chi connectivity index (χ2n) is 5.41. The lowest BCUT2D eigenvalue weighted by Gasteiger charge is -2.31. The molecule has 1 aliphatic heterocycles. The highest BCUT2D eigenvalue weighted by Crippen LogP contribution is 2.21. The van der Waals surface area contributed by atoms with Crippen LogP contribution in [0.3, 0.4) is 0 Å². The Morgan fingerprint density at radius 2 is 1.85 bits per heavy atom. The number of carbonyl (C=O) groups is 2. The maximum atomic E-state index is 12.5. The molecule has 0 unspecified atom stereocenters.